The molecule has 1 atom stereocenters. The van der Waals surface area contributed by atoms with E-state index in [9.17, 15) is 0 Å². The second kappa shape index (κ2) is 5.50. The Bertz CT molecular complexity index is 618. The van der Waals surface area contributed by atoms with Crippen LogP contribution in [0.4, 0.5) is 0 Å². The van der Waals surface area contributed by atoms with Gasteiger partial charge in [0.05, 0.1) is 17.4 Å². The first-order valence-corrected chi connectivity index (χ1v) is 8.71. The molecule has 2 aromatic heterocycles. The van der Waals surface area contributed by atoms with Crippen molar-refractivity contribution in [2.45, 2.75) is 51.1 Å². The monoisotopic (exact) mass is 303 g/mol. The van der Waals surface area contributed by atoms with E-state index in [2.05, 4.69) is 31.5 Å². The molecule has 0 aromatic carbocycles. The highest BCUT2D eigenvalue weighted by Crippen LogP contribution is 2.34. The third-order valence-electron chi connectivity index (χ3n) is 4.84. The molecule has 3 heterocycles. The van der Waals surface area contributed by atoms with Crippen molar-refractivity contribution in [2.24, 2.45) is 7.05 Å². The molecule has 0 radical (unpaired) electrons. The summed E-state index contributed by atoms with van der Waals surface area (Å²) >= 11 is 1.44. The highest BCUT2D eigenvalue weighted by molar-refractivity contribution is 7.03. The van der Waals surface area contributed by atoms with Gasteiger partial charge in [0.1, 0.15) is 5.82 Å². The van der Waals surface area contributed by atoms with Crippen LogP contribution in [0.5, 0.6) is 0 Å². The summed E-state index contributed by atoms with van der Waals surface area (Å²) in [5.41, 5.74) is 3.91. The maximum atomic E-state index is 5.00. The van der Waals surface area contributed by atoms with Gasteiger partial charge in [-0.15, -0.1) is 5.10 Å². The van der Waals surface area contributed by atoms with Crippen molar-refractivity contribution in [3.63, 3.8) is 0 Å². The molecule has 5 nitrogen and oxygen atoms in total. The highest BCUT2D eigenvalue weighted by atomic mass is 32.1. The van der Waals surface area contributed by atoms with Crippen LogP contribution in [-0.2, 0) is 26.4 Å². The quantitative estimate of drug-likeness (QED) is 0.874. The second-order valence-corrected chi connectivity index (χ2v) is 6.76. The lowest BCUT2D eigenvalue weighted by molar-refractivity contribution is 0.233. The summed E-state index contributed by atoms with van der Waals surface area (Å²) in [7, 11) is 2.20. The Morgan fingerprint density at radius 1 is 1.29 bits per heavy atom. The van der Waals surface area contributed by atoms with Crippen molar-refractivity contribution in [1.82, 2.24) is 24.0 Å². The first kappa shape index (κ1) is 13.4. The van der Waals surface area contributed by atoms with Crippen molar-refractivity contribution in [1.29, 1.82) is 0 Å². The summed E-state index contributed by atoms with van der Waals surface area (Å²) in [4.78, 5) is 7.52. The van der Waals surface area contributed by atoms with Gasteiger partial charge in [0.15, 0.2) is 0 Å². The SMILES string of the molecule is Cn1c(C2CCCN2Cc2csnn2)nc2c1CCCC2. The molecule has 1 unspecified atom stereocenters. The predicted octanol–water partition coefficient (Wildman–Crippen LogP) is 2.49. The predicted molar refractivity (Wildman–Crippen MR) is 82.1 cm³/mol. The number of imidazole rings is 1. The Morgan fingerprint density at radius 2 is 2.19 bits per heavy atom. The van der Waals surface area contributed by atoms with Crippen LogP contribution in [0.15, 0.2) is 5.38 Å². The molecule has 0 amide bonds. The number of hydrogen-bond donors (Lipinski definition) is 0. The van der Waals surface area contributed by atoms with Gasteiger partial charge in [-0.2, -0.15) is 0 Å². The molecule has 1 aliphatic carbocycles. The Labute approximate surface area is 129 Å². The lowest BCUT2D eigenvalue weighted by Crippen LogP contribution is -2.25. The molecule has 0 saturated carbocycles. The van der Waals surface area contributed by atoms with E-state index in [1.165, 1.54) is 60.8 Å². The molecule has 0 bridgehead atoms. The summed E-state index contributed by atoms with van der Waals surface area (Å²) in [5.74, 6) is 1.27. The van der Waals surface area contributed by atoms with E-state index in [0.717, 1.165) is 25.2 Å². The normalized spacial score (nSPS) is 22.6. The Hall–Kier alpha value is -1.27. The smallest absolute Gasteiger partial charge is 0.126 e. The van der Waals surface area contributed by atoms with Gasteiger partial charge in [0.2, 0.25) is 0 Å². The van der Waals surface area contributed by atoms with Crippen molar-refractivity contribution >= 4 is 11.5 Å². The van der Waals surface area contributed by atoms with Crippen LogP contribution >= 0.6 is 11.5 Å². The first-order chi connectivity index (χ1) is 10.3. The van der Waals surface area contributed by atoms with E-state index >= 15 is 0 Å². The maximum absolute atomic E-state index is 5.00. The number of hydrogen-bond acceptors (Lipinski definition) is 5. The number of aromatic nitrogens is 4. The van der Waals surface area contributed by atoms with Crippen LogP contribution in [0.3, 0.4) is 0 Å². The Morgan fingerprint density at radius 3 is 3.00 bits per heavy atom. The lowest BCUT2D eigenvalue weighted by atomic mass is 10.0. The average Bonchev–Trinajstić information content (AvgIpc) is 3.21. The number of rotatable bonds is 3. The van der Waals surface area contributed by atoms with E-state index in [-0.39, 0.29) is 0 Å². The van der Waals surface area contributed by atoms with Gasteiger partial charge in [0.25, 0.3) is 0 Å². The van der Waals surface area contributed by atoms with E-state index in [1.54, 1.807) is 0 Å². The summed E-state index contributed by atoms with van der Waals surface area (Å²) in [5, 5.41) is 6.25. The van der Waals surface area contributed by atoms with Gasteiger partial charge in [0, 0.05) is 24.7 Å². The standard InChI is InChI=1S/C15H21N5S/c1-19-13-6-3-2-5-12(13)16-15(19)14-7-4-8-20(14)9-11-10-21-18-17-11/h10,14H,2-9H2,1H3. The fourth-order valence-corrected chi connectivity index (χ4v) is 4.22. The molecule has 0 spiro atoms. The second-order valence-electron chi connectivity index (χ2n) is 6.15. The van der Waals surface area contributed by atoms with Crippen molar-refractivity contribution in [3.8, 4) is 0 Å². The molecule has 1 saturated heterocycles. The first-order valence-electron chi connectivity index (χ1n) is 7.87. The highest BCUT2D eigenvalue weighted by Gasteiger charge is 2.31. The number of likely N-dealkylation sites (tertiary alicyclic amines) is 1. The fourth-order valence-electron chi connectivity index (χ4n) is 3.77. The largest absolute Gasteiger partial charge is 0.334 e. The summed E-state index contributed by atoms with van der Waals surface area (Å²) < 4.78 is 6.35. The van der Waals surface area contributed by atoms with E-state index < -0.39 is 0 Å². The van der Waals surface area contributed by atoms with Gasteiger partial charge in [-0.3, -0.25) is 4.90 Å². The molecule has 21 heavy (non-hydrogen) atoms. The molecular formula is C15H21N5S. The molecule has 2 aromatic rings. The van der Waals surface area contributed by atoms with Crippen LogP contribution < -0.4 is 0 Å². The topological polar surface area (TPSA) is 46.8 Å². The Balaban J connectivity index is 1.61. The minimum atomic E-state index is 0.447. The van der Waals surface area contributed by atoms with Crippen LogP contribution in [-0.4, -0.2) is 30.6 Å². The molecule has 0 N–H and O–H groups in total. The van der Waals surface area contributed by atoms with Gasteiger partial charge < -0.3 is 4.57 Å². The van der Waals surface area contributed by atoms with Crippen LogP contribution in [0.2, 0.25) is 0 Å². The summed E-state index contributed by atoms with van der Waals surface area (Å²) in [6.45, 7) is 2.04. The van der Waals surface area contributed by atoms with Gasteiger partial charge >= 0.3 is 0 Å². The van der Waals surface area contributed by atoms with E-state index in [0.29, 0.717) is 6.04 Å². The zero-order valence-corrected chi connectivity index (χ0v) is 13.3. The van der Waals surface area contributed by atoms with Crippen LogP contribution in [0, 0.1) is 0 Å². The Kier molecular flexibility index (Phi) is 3.51. The summed E-state index contributed by atoms with van der Waals surface area (Å²) in [6.07, 6.45) is 7.42. The van der Waals surface area contributed by atoms with Crippen LogP contribution in [0.1, 0.15) is 54.6 Å². The zero-order chi connectivity index (χ0) is 14.2. The molecule has 1 aliphatic heterocycles. The fraction of sp³-hybridized carbons (Fsp3) is 0.667. The maximum Gasteiger partial charge on any atom is 0.126 e. The molecule has 6 heteroatoms. The molecule has 1 fully saturated rings. The molecule has 112 valence electrons. The minimum Gasteiger partial charge on any atom is -0.334 e. The molecule has 2 aliphatic rings. The van der Waals surface area contributed by atoms with Crippen molar-refractivity contribution in [3.05, 3.63) is 28.3 Å². The van der Waals surface area contributed by atoms with Gasteiger partial charge in [-0.1, -0.05) is 4.49 Å². The third-order valence-corrected chi connectivity index (χ3v) is 5.39. The van der Waals surface area contributed by atoms with Gasteiger partial charge in [-0.05, 0) is 56.6 Å². The van der Waals surface area contributed by atoms with Crippen molar-refractivity contribution < 1.29 is 0 Å². The lowest BCUT2D eigenvalue weighted by Gasteiger charge is -2.23. The third kappa shape index (κ3) is 2.40. The number of fused-ring (bicyclic) bond motifs is 1. The number of nitrogens with zero attached hydrogens (tertiary/aromatic N) is 5. The minimum absolute atomic E-state index is 0.447. The number of aryl methyl sites for hydroxylation is 1. The zero-order valence-electron chi connectivity index (χ0n) is 12.5. The summed E-state index contributed by atoms with van der Waals surface area (Å²) in [6, 6.07) is 0.447. The van der Waals surface area contributed by atoms with Crippen LogP contribution in [0.25, 0.3) is 0 Å². The molecular weight excluding hydrogens is 282 g/mol. The van der Waals surface area contributed by atoms with Crippen molar-refractivity contribution in [2.75, 3.05) is 6.54 Å². The van der Waals surface area contributed by atoms with Gasteiger partial charge in [-0.25, -0.2) is 4.98 Å². The van der Waals surface area contributed by atoms with E-state index in [4.69, 9.17) is 4.98 Å². The molecule has 4 rings (SSSR count). The average molecular weight is 303 g/mol. The van der Waals surface area contributed by atoms with E-state index in [1.807, 2.05) is 0 Å².